The van der Waals surface area contributed by atoms with Gasteiger partial charge in [-0.2, -0.15) is 5.26 Å². The quantitative estimate of drug-likeness (QED) is 0.609. The number of likely N-dealkylation sites (N-methyl/N-ethyl adjacent to an activating group) is 1. The van der Waals surface area contributed by atoms with Crippen molar-refractivity contribution in [3.05, 3.63) is 12.2 Å². The first-order chi connectivity index (χ1) is 5.20. The number of allylic oxidation sites excluding steroid dienone is 1. The van der Waals surface area contributed by atoms with Crippen LogP contribution >= 0.6 is 0 Å². The Bertz CT molecular complexity index is 191. The van der Waals surface area contributed by atoms with Crippen LogP contribution in [0.3, 0.4) is 0 Å². The zero-order valence-electron chi connectivity index (χ0n) is 6.79. The Morgan fingerprint density at radius 3 is 2.91 bits per heavy atom. The molecule has 60 valence electrons. The molecule has 1 amide bonds. The van der Waals surface area contributed by atoms with Crippen LogP contribution in [0.25, 0.3) is 0 Å². The lowest BCUT2D eigenvalue weighted by molar-refractivity contribution is -0.116. The van der Waals surface area contributed by atoms with Crippen LogP contribution in [-0.4, -0.2) is 13.0 Å². The number of hydrogen-bond acceptors (Lipinski definition) is 2. The van der Waals surface area contributed by atoms with Crippen molar-refractivity contribution in [2.45, 2.75) is 13.3 Å². The summed E-state index contributed by atoms with van der Waals surface area (Å²) in [4.78, 5) is 10.6. The molecule has 0 aliphatic rings. The highest BCUT2D eigenvalue weighted by Gasteiger charge is 1.95. The molecule has 1 N–H and O–H groups in total. The molecule has 0 rings (SSSR count). The minimum absolute atomic E-state index is 0.130. The molecule has 0 heterocycles. The summed E-state index contributed by atoms with van der Waals surface area (Å²) < 4.78 is 0. The average Bonchev–Trinajstić information content (AvgIpc) is 2.01. The zero-order valence-corrected chi connectivity index (χ0v) is 6.79. The van der Waals surface area contributed by atoms with E-state index in [-0.39, 0.29) is 11.8 Å². The van der Waals surface area contributed by atoms with Gasteiger partial charge in [-0.15, -0.1) is 0 Å². The summed E-state index contributed by atoms with van der Waals surface area (Å²) in [5.41, 5.74) is 0. The van der Waals surface area contributed by atoms with E-state index in [1.165, 1.54) is 6.08 Å². The maximum Gasteiger partial charge on any atom is 0.243 e. The summed E-state index contributed by atoms with van der Waals surface area (Å²) in [5.74, 6) is 0.0205. The van der Waals surface area contributed by atoms with Crippen molar-refractivity contribution >= 4 is 5.91 Å². The minimum Gasteiger partial charge on any atom is -0.356 e. The first kappa shape index (κ1) is 9.70. The van der Waals surface area contributed by atoms with Gasteiger partial charge in [0.1, 0.15) is 0 Å². The molecule has 11 heavy (non-hydrogen) atoms. The molecule has 0 radical (unpaired) electrons. The number of nitrogens with zero attached hydrogens (tertiary/aromatic N) is 1. The van der Waals surface area contributed by atoms with Crippen molar-refractivity contribution in [3.8, 4) is 6.07 Å². The van der Waals surface area contributed by atoms with Crippen LogP contribution in [-0.2, 0) is 4.79 Å². The lowest BCUT2D eigenvalue weighted by Crippen LogP contribution is -2.14. The van der Waals surface area contributed by atoms with Crippen molar-refractivity contribution in [1.29, 1.82) is 5.26 Å². The third-order valence-corrected chi connectivity index (χ3v) is 1.24. The summed E-state index contributed by atoms with van der Waals surface area (Å²) >= 11 is 0. The molecule has 0 saturated carbocycles. The molecule has 0 aliphatic heterocycles. The molecule has 0 spiro atoms. The van der Waals surface area contributed by atoms with Crippen LogP contribution in [0.5, 0.6) is 0 Å². The molecule has 0 aromatic carbocycles. The van der Waals surface area contributed by atoms with Crippen molar-refractivity contribution in [3.63, 3.8) is 0 Å². The van der Waals surface area contributed by atoms with E-state index in [2.05, 4.69) is 5.32 Å². The van der Waals surface area contributed by atoms with Gasteiger partial charge in [0, 0.05) is 13.5 Å². The van der Waals surface area contributed by atoms with Crippen LogP contribution in [0.15, 0.2) is 12.2 Å². The van der Waals surface area contributed by atoms with Gasteiger partial charge in [0.25, 0.3) is 0 Å². The third kappa shape index (κ3) is 5.16. The second-order valence-electron chi connectivity index (χ2n) is 2.31. The predicted octanol–water partition coefficient (Wildman–Crippen LogP) is 0.838. The molecule has 3 nitrogen and oxygen atoms in total. The van der Waals surface area contributed by atoms with Crippen LogP contribution < -0.4 is 5.32 Å². The summed E-state index contributed by atoms with van der Waals surface area (Å²) in [7, 11) is 1.57. The summed E-state index contributed by atoms with van der Waals surface area (Å²) in [5, 5.41) is 10.7. The highest BCUT2D eigenvalue weighted by Crippen LogP contribution is 2.00. The second kappa shape index (κ2) is 5.48. The highest BCUT2D eigenvalue weighted by molar-refractivity contribution is 5.87. The van der Waals surface area contributed by atoms with E-state index in [9.17, 15) is 4.79 Å². The monoisotopic (exact) mass is 152 g/mol. The van der Waals surface area contributed by atoms with Gasteiger partial charge in [-0.3, -0.25) is 4.79 Å². The summed E-state index contributed by atoms with van der Waals surface area (Å²) in [6.45, 7) is 1.89. The average molecular weight is 152 g/mol. The molecule has 3 heteroatoms. The number of carbonyl (C=O) groups excluding carboxylic acids is 1. The number of hydrogen-bond donors (Lipinski definition) is 1. The van der Waals surface area contributed by atoms with E-state index in [1.807, 2.05) is 13.0 Å². The van der Waals surface area contributed by atoms with Gasteiger partial charge in [0.15, 0.2) is 0 Å². The standard InChI is InChI=1S/C8H12N2O/c1-7(5-6-9)3-4-8(11)10-2/h3-4,7H,5H2,1-2H3,(H,10,11). The Hall–Kier alpha value is -1.30. The highest BCUT2D eigenvalue weighted by atomic mass is 16.1. The van der Waals surface area contributed by atoms with Crippen LogP contribution in [0.4, 0.5) is 0 Å². The largest absolute Gasteiger partial charge is 0.356 e. The fourth-order valence-corrected chi connectivity index (χ4v) is 0.547. The molecule has 0 bridgehead atoms. The number of nitriles is 1. The van der Waals surface area contributed by atoms with Gasteiger partial charge in [-0.05, 0) is 12.0 Å². The maximum atomic E-state index is 10.6. The molecule has 1 unspecified atom stereocenters. The fourth-order valence-electron chi connectivity index (χ4n) is 0.547. The maximum absolute atomic E-state index is 10.6. The van der Waals surface area contributed by atoms with E-state index < -0.39 is 0 Å². The van der Waals surface area contributed by atoms with Crippen LogP contribution in [0.1, 0.15) is 13.3 Å². The van der Waals surface area contributed by atoms with Crippen LogP contribution in [0, 0.1) is 17.2 Å². The number of nitrogens with one attached hydrogen (secondary N) is 1. The lowest BCUT2D eigenvalue weighted by Gasteiger charge is -1.96. The lowest BCUT2D eigenvalue weighted by atomic mass is 10.1. The molecule has 1 atom stereocenters. The Labute approximate surface area is 66.7 Å². The molecule has 0 aromatic rings. The third-order valence-electron chi connectivity index (χ3n) is 1.24. The SMILES string of the molecule is CNC(=O)C=CC(C)CC#N. The molecular weight excluding hydrogens is 140 g/mol. The van der Waals surface area contributed by atoms with Crippen LogP contribution in [0.2, 0.25) is 0 Å². The Morgan fingerprint density at radius 2 is 2.45 bits per heavy atom. The smallest absolute Gasteiger partial charge is 0.243 e. The summed E-state index contributed by atoms with van der Waals surface area (Å²) in [6.07, 6.45) is 3.62. The topological polar surface area (TPSA) is 52.9 Å². The Balaban J connectivity index is 3.74. The van der Waals surface area contributed by atoms with E-state index in [1.54, 1.807) is 13.1 Å². The van der Waals surface area contributed by atoms with Crippen molar-refractivity contribution in [2.24, 2.45) is 5.92 Å². The number of carbonyl (C=O) groups is 1. The normalized spacial score (nSPS) is 12.5. The molecule has 0 aliphatic carbocycles. The number of amides is 1. The number of rotatable bonds is 3. The van der Waals surface area contributed by atoms with Gasteiger partial charge < -0.3 is 5.32 Å². The van der Waals surface area contributed by atoms with E-state index in [0.717, 1.165) is 0 Å². The second-order valence-corrected chi connectivity index (χ2v) is 2.31. The Kier molecular flexibility index (Phi) is 4.83. The van der Waals surface area contributed by atoms with Crippen molar-refractivity contribution in [1.82, 2.24) is 5.32 Å². The van der Waals surface area contributed by atoms with E-state index in [4.69, 9.17) is 5.26 Å². The predicted molar refractivity (Wildman–Crippen MR) is 42.6 cm³/mol. The van der Waals surface area contributed by atoms with E-state index >= 15 is 0 Å². The molecule has 0 fully saturated rings. The first-order valence-corrected chi connectivity index (χ1v) is 3.47. The van der Waals surface area contributed by atoms with Gasteiger partial charge in [0.05, 0.1) is 6.07 Å². The zero-order chi connectivity index (χ0) is 8.69. The molecule has 0 saturated heterocycles. The van der Waals surface area contributed by atoms with Crippen molar-refractivity contribution < 1.29 is 4.79 Å². The van der Waals surface area contributed by atoms with Crippen molar-refractivity contribution in [2.75, 3.05) is 7.05 Å². The van der Waals surface area contributed by atoms with Gasteiger partial charge >= 0.3 is 0 Å². The Morgan fingerprint density at radius 1 is 1.82 bits per heavy atom. The van der Waals surface area contributed by atoms with Gasteiger partial charge in [-0.1, -0.05) is 13.0 Å². The first-order valence-electron chi connectivity index (χ1n) is 3.47. The van der Waals surface area contributed by atoms with Gasteiger partial charge in [0.2, 0.25) is 5.91 Å². The van der Waals surface area contributed by atoms with Gasteiger partial charge in [-0.25, -0.2) is 0 Å². The summed E-state index contributed by atoms with van der Waals surface area (Å²) in [6, 6.07) is 2.03. The molecule has 0 aromatic heterocycles. The molecular formula is C8H12N2O. The van der Waals surface area contributed by atoms with E-state index in [0.29, 0.717) is 6.42 Å². The fraction of sp³-hybridized carbons (Fsp3) is 0.500. The minimum atomic E-state index is -0.130.